The van der Waals surface area contributed by atoms with Crippen LogP contribution in [-0.4, -0.2) is 22.0 Å². The van der Waals surface area contributed by atoms with Gasteiger partial charge in [0.2, 0.25) is 6.30 Å². The Labute approximate surface area is 114 Å². The summed E-state index contributed by atoms with van der Waals surface area (Å²) in [5, 5.41) is 11.9. The van der Waals surface area contributed by atoms with Gasteiger partial charge in [0.05, 0.1) is 11.2 Å². The van der Waals surface area contributed by atoms with E-state index in [-0.39, 0.29) is 11.2 Å². The molecule has 1 heterocycles. The minimum Gasteiger partial charge on any atom is -0.409 e. The lowest BCUT2D eigenvalue weighted by molar-refractivity contribution is 0.0103. The van der Waals surface area contributed by atoms with E-state index in [1.165, 1.54) is 12.1 Å². The van der Waals surface area contributed by atoms with E-state index in [1.54, 1.807) is 12.1 Å². The van der Waals surface area contributed by atoms with Crippen LogP contribution in [0.25, 0.3) is 10.9 Å². The number of alkyl halides is 3. The van der Waals surface area contributed by atoms with E-state index >= 15 is 0 Å². The van der Waals surface area contributed by atoms with Gasteiger partial charge in [-0.1, -0.05) is 27.2 Å². The summed E-state index contributed by atoms with van der Waals surface area (Å²) in [5.74, 6) is -0.439. The van der Waals surface area contributed by atoms with Gasteiger partial charge in [0.25, 0.3) is 6.43 Å². The Kier molecular flexibility index (Phi) is 3.70. The number of rotatable bonds is 3. The SMILES string of the molecule is NC(=NO)c1cc2c(Br)cccc2n1C(F)C(F)F. The number of hydrogen-bond acceptors (Lipinski definition) is 2. The first-order valence-corrected chi connectivity index (χ1v) is 5.96. The monoisotopic (exact) mass is 335 g/mol. The third-order valence-electron chi connectivity index (χ3n) is 2.65. The summed E-state index contributed by atoms with van der Waals surface area (Å²) in [4.78, 5) is 0. The number of nitrogens with zero attached hydrogens (tertiary/aromatic N) is 2. The van der Waals surface area contributed by atoms with Gasteiger partial charge in [-0.25, -0.2) is 13.2 Å². The van der Waals surface area contributed by atoms with Crippen molar-refractivity contribution in [3.63, 3.8) is 0 Å². The largest absolute Gasteiger partial charge is 0.409 e. The van der Waals surface area contributed by atoms with Crippen LogP contribution >= 0.6 is 15.9 Å². The number of fused-ring (bicyclic) bond motifs is 1. The first-order chi connectivity index (χ1) is 8.97. The molecule has 4 nitrogen and oxygen atoms in total. The zero-order valence-electron chi connectivity index (χ0n) is 9.39. The fourth-order valence-electron chi connectivity index (χ4n) is 1.84. The molecule has 0 aliphatic rings. The number of amidine groups is 1. The lowest BCUT2D eigenvalue weighted by Gasteiger charge is -2.14. The van der Waals surface area contributed by atoms with Crippen LogP contribution in [0.3, 0.4) is 0 Å². The maximum atomic E-state index is 13.7. The Balaban J connectivity index is 2.80. The molecule has 0 bridgehead atoms. The van der Waals surface area contributed by atoms with Crippen LogP contribution in [0, 0.1) is 0 Å². The predicted octanol–water partition coefficient (Wildman–Crippen LogP) is 3.23. The topological polar surface area (TPSA) is 63.5 Å². The zero-order chi connectivity index (χ0) is 14.2. The predicted molar refractivity (Wildman–Crippen MR) is 68.3 cm³/mol. The molecule has 0 aliphatic carbocycles. The molecule has 0 fully saturated rings. The van der Waals surface area contributed by atoms with Gasteiger partial charge in [-0.3, -0.25) is 0 Å². The Morgan fingerprint density at radius 1 is 1.37 bits per heavy atom. The molecule has 1 aromatic heterocycles. The molecular weight excluding hydrogens is 327 g/mol. The van der Waals surface area contributed by atoms with Crippen molar-refractivity contribution < 1.29 is 18.4 Å². The quantitative estimate of drug-likeness (QED) is 0.391. The fourth-order valence-corrected chi connectivity index (χ4v) is 2.31. The van der Waals surface area contributed by atoms with E-state index in [0.717, 1.165) is 0 Å². The van der Waals surface area contributed by atoms with Crippen LogP contribution in [0.1, 0.15) is 12.0 Å². The van der Waals surface area contributed by atoms with E-state index in [4.69, 9.17) is 10.9 Å². The molecule has 19 heavy (non-hydrogen) atoms. The highest BCUT2D eigenvalue weighted by Gasteiger charge is 2.27. The molecule has 0 amide bonds. The molecule has 0 spiro atoms. The van der Waals surface area contributed by atoms with E-state index < -0.39 is 18.6 Å². The minimum atomic E-state index is -3.22. The van der Waals surface area contributed by atoms with Crippen LogP contribution in [0.15, 0.2) is 33.9 Å². The van der Waals surface area contributed by atoms with E-state index in [1.807, 2.05) is 0 Å². The minimum absolute atomic E-state index is 0.114. The van der Waals surface area contributed by atoms with Crippen LogP contribution in [-0.2, 0) is 0 Å². The molecule has 3 N–H and O–H groups in total. The Morgan fingerprint density at radius 3 is 2.63 bits per heavy atom. The number of oxime groups is 1. The molecule has 2 rings (SSSR count). The summed E-state index contributed by atoms with van der Waals surface area (Å²) in [6.45, 7) is 0. The summed E-state index contributed by atoms with van der Waals surface area (Å²) in [6.07, 6.45) is -5.80. The maximum Gasteiger partial charge on any atom is 0.288 e. The van der Waals surface area contributed by atoms with Crippen LogP contribution < -0.4 is 5.73 Å². The third kappa shape index (κ3) is 2.27. The van der Waals surface area contributed by atoms with Crippen molar-refractivity contribution in [1.29, 1.82) is 0 Å². The summed E-state index contributed by atoms with van der Waals surface area (Å²) >= 11 is 3.24. The molecule has 102 valence electrons. The number of halogens is 4. The number of hydrogen-bond donors (Lipinski definition) is 2. The van der Waals surface area contributed by atoms with Gasteiger partial charge in [0.1, 0.15) is 0 Å². The van der Waals surface area contributed by atoms with Gasteiger partial charge >= 0.3 is 0 Å². The van der Waals surface area contributed by atoms with Gasteiger partial charge in [-0.2, -0.15) is 0 Å². The van der Waals surface area contributed by atoms with E-state index in [0.29, 0.717) is 14.4 Å². The highest BCUT2D eigenvalue weighted by atomic mass is 79.9. The van der Waals surface area contributed by atoms with Gasteiger partial charge in [0.15, 0.2) is 5.84 Å². The molecule has 0 radical (unpaired) electrons. The maximum absolute atomic E-state index is 13.7. The van der Waals surface area contributed by atoms with Crippen molar-refractivity contribution >= 4 is 32.7 Å². The van der Waals surface area contributed by atoms with Crippen molar-refractivity contribution in [2.24, 2.45) is 10.9 Å². The zero-order valence-corrected chi connectivity index (χ0v) is 11.0. The number of benzene rings is 1. The van der Waals surface area contributed by atoms with Crippen molar-refractivity contribution in [3.05, 3.63) is 34.4 Å². The first-order valence-electron chi connectivity index (χ1n) is 5.17. The standard InChI is InChI=1S/C11H9BrF3N3O/c12-6-2-1-3-7-5(6)4-8(11(16)17-19)18(7)10(15)9(13)14/h1-4,9-10,19H,(H2,16,17). The Bertz CT molecular complexity index is 641. The molecule has 0 aliphatic heterocycles. The van der Waals surface area contributed by atoms with E-state index in [9.17, 15) is 13.2 Å². The second-order valence-electron chi connectivity index (χ2n) is 3.76. The molecule has 1 unspecified atom stereocenters. The first kappa shape index (κ1) is 13.7. The normalized spacial score (nSPS) is 14.3. The summed E-state index contributed by atoms with van der Waals surface area (Å²) in [5.41, 5.74) is 5.51. The average Bonchev–Trinajstić information content (AvgIpc) is 2.77. The van der Waals surface area contributed by atoms with Crippen molar-refractivity contribution in [2.75, 3.05) is 0 Å². The van der Waals surface area contributed by atoms with Crippen molar-refractivity contribution in [2.45, 2.75) is 12.7 Å². The molecule has 0 saturated heterocycles. The van der Waals surface area contributed by atoms with Crippen LogP contribution in [0.4, 0.5) is 13.2 Å². The average molecular weight is 336 g/mol. The smallest absolute Gasteiger partial charge is 0.288 e. The van der Waals surface area contributed by atoms with Gasteiger partial charge in [0, 0.05) is 9.86 Å². The number of nitrogens with two attached hydrogens (primary N) is 1. The summed E-state index contributed by atoms with van der Waals surface area (Å²) < 4.78 is 40.3. The summed E-state index contributed by atoms with van der Waals surface area (Å²) in [6, 6.07) is 6.11. The second-order valence-corrected chi connectivity index (χ2v) is 4.62. The van der Waals surface area contributed by atoms with Gasteiger partial charge in [-0.15, -0.1) is 0 Å². The Hall–Kier alpha value is -1.70. The second kappa shape index (κ2) is 5.12. The number of aromatic nitrogens is 1. The molecule has 1 atom stereocenters. The molecule has 0 saturated carbocycles. The van der Waals surface area contributed by atoms with E-state index in [2.05, 4.69) is 21.1 Å². The van der Waals surface area contributed by atoms with Crippen LogP contribution in [0.5, 0.6) is 0 Å². The third-order valence-corrected chi connectivity index (χ3v) is 3.35. The molecule has 2 aromatic rings. The Morgan fingerprint density at radius 2 is 2.05 bits per heavy atom. The van der Waals surface area contributed by atoms with Crippen molar-refractivity contribution in [1.82, 2.24) is 4.57 Å². The lowest BCUT2D eigenvalue weighted by atomic mass is 10.2. The highest BCUT2D eigenvalue weighted by Crippen LogP contribution is 2.32. The van der Waals surface area contributed by atoms with Crippen molar-refractivity contribution in [3.8, 4) is 0 Å². The van der Waals surface area contributed by atoms with Gasteiger partial charge < -0.3 is 15.5 Å². The highest BCUT2D eigenvalue weighted by molar-refractivity contribution is 9.10. The summed E-state index contributed by atoms with van der Waals surface area (Å²) in [7, 11) is 0. The van der Waals surface area contributed by atoms with Gasteiger partial charge in [-0.05, 0) is 18.2 Å². The molecule has 8 heteroatoms. The van der Waals surface area contributed by atoms with Crippen LogP contribution in [0.2, 0.25) is 0 Å². The molecular formula is C11H9BrF3N3O. The molecule has 1 aromatic carbocycles. The lowest BCUT2D eigenvalue weighted by Crippen LogP contribution is -2.22. The fraction of sp³-hybridized carbons (Fsp3) is 0.182.